The molecule has 0 unspecified atom stereocenters. The van der Waals surface area contributed by atoms with Crippen LogP contribution in [0, 0.1) is 12.8 Å². The Morgan fingerprint density at radius 2 is 2.25 bits per heavy atom. The first-order valence-electron chi connectivity index (χ1n) is 6.38. The van der Waals surface area contributed by atoms with Gasteiger partial charge < -0.3 is 4.98 Å². The van der Waals surface area contributed by atoms with Crippen LogP contribution in [0.5, 0.6) is 0 Å². The third-order valence-corrected chi connectivity index (χ3v) is 4.02. The maximum absolute atomic E-state index is 3.59. The average Bonchev–Trinajstić information content (AvgIpc) is 2.66. The van der Waals surface area contributed by atoms with Crippen LogP contribution >= 0.6 is 0 Å². The van der Waals surface area contributed by atoms with Crippen molar-refractivity contribution >= 4 is 10.9 Å². The van der Waals surface area contributed by atoms with Gasteiger partial charge in [-0.25, -0.2) is 0 Å². The fourth-order valence-corrected chi connectivity index (χ4v) is 2.95. The minimum absolute atomic E-state index is 0.895. The van der Waals surface area contributed by atoms with E-state index < -0.39 is 0 Å². The summed E-state index contributed by atoms with van der Waals surface area (Å²) in [6, 6.07) is 6.76. The van der Waals surface area contributed by atoms with Gasteiger partial charge in [0.2, 0.25) is 0 Å². The first-order valence-corrected chi connectivity index (χ1v) is 6.38. The van der Waals surface area contributed by atoms with E-state index >= 15 is 0 Å². The van der Waals surface area contributed by atoms with Gasteiger partial charge in [0.25, 0.3) is 0 Å². The van der Waals surface area contributed by atoms with Crippen LogP contribution < -0.4 is 0 Å². The standard InChI is InChI=1S/C15H19N/c1-3-11-5-7-15-13(9-11)12-8-10(2)4-6-14(12)16-15/h4,6,8,11,16H,3,5,7,9H2,1-2H3/t11-/m0/s1. The van der Waals surface area contributed by atoms with Crippen molar-refractivity contribution in [3.63, 3.8) is 0 Å². The average molecular weight is 213 g/mol. The van der Waals surface area contributed by atoms with Crippen molar-refractivity contribution in [2.24, 2.45) is 5.92 Å². The number of aryl methyl sites for hydroxylation is 2. The van der Waals surface area contributed by atoms with Crippen molar-refractivity contribution in [1.82, 2.24) is 4.98 Å². The second-order valence-electron chi connectivity index (χ2n) is 5.15. The maximum atomic E-state index is 3.59. The van der Waals surface area contributed by atoms with Gasteiger partial charge in [0, 0.05) is 16.6 Å². The van der Waals surface area contributed by atoms with E-state index in [0.29, 0.717) is 0 Å². The predicted octanol–water partition coefficient (Wildman–Crippen LogP) is 3.99. The van der Waals surface area contributed by atoms with E-state index in [2.05, 4.69) is 37.0 Å². The highest BCUT2D eigenvalue weighted by Crippen LogP contribution is 2.33. The van der Waals surface area contributed by atoms with Crippen LogP contribution in [0.2, 0.25) is 0 Å². The summed E-state index contributed by atoms with van der Waals surface area (Å²) in [5.41, 5.74) is 5.78. The third-order valence-electron chi connectivity index (χ3n) is 4.02. The normalized spacial score (nSPS) is 20.0. The molecule has 0 amide bonds. The summed E-state index contributed by atoms with van der Waals surface area (Å²) < 4.78 is 0. The van der Waals surface area contributed by atoms with Crippen molar-refractivity contribution < 1.29 is 0 Å². The Morgan fingerprint density at radius 1 is 1.38 bits per heavy atom. The molecule has 0 radical (unpaired) electrons. The number of aromatic amines is 1. The number of hydrogen-bond acceptors (Lipinski definition) is 0. The van der Waals surface area contributed by atoms with E-state index in [4.69, 9.17) is 0 Å². The first kappa shape index (κ1) is 9.95. The lowest BCUT2D eigenvalue weighted by Crippen LogP contribution is -2.12. The quantitative estimate of drug-likeness (QED) is 0.737. The summed E-state index contributed by atoms with van der Waals surface area (Å²) >= 11 is 0. The highest BCUT2D eigenvalue weighted by Gasteiger charge is 2.21. The molecule has 0 saturated heterocycles. The molecule has 1 aliphatic rings. The van der Waals surface area contributed by atoms with Crippen LogP contribution in [-0.4, -0.2) is 4.98 Å². The molecule has 1 heterocycles. The Morgan fingerprint density at radius 3 is 3.06 bits per heavy atom. The Labute approximate surface area is 96.9 Å². The van der Waals surface area contributed by atoms with E-state index in [1.165, 1.54) is 47.8 Å². The highest BCUT2D eigenvalue weighted by molar-refractivity contribution is 5.85. The van der Waals surface area contributed by atoms with Gasteiger partial charge >= 0.3 is 0 Å². The number of hydrogen-bond donors (Lipinski definition) is 1. The number of nitrogens with one attached hydrogen (secondary N) is 1. The Kier molecular flexibility index (Phi) is 2.27. The van der Waals surface area contributed by atoms with E-state index in [0.717, 1.165) is 5.92 Å². The first-order chi connectivity index (χ1) is 7.78. The Balaban J connectivity index is 2.15. The molecule has 1 aliphatic carbocycles. The fraction of sp³-hybridized carbons (Fsp3) is 0.467. The van der Waals surface area contributed by atoms with Gasteiger partial charge in [0.05, 0.1) is 0 Å². The monoisotopic (exact) mass is 213 g/mol. The molecule has 1 aromatic heterocycles. The molecule has 0 spiro atoms. The Hall–Kier alpha value is -1.24. The van der Waals surface area contributed by atoms with E-state index in [1.54, 1.807) is 5.56 Å². The van der Waals surface area contributed by atoms with Gasteiger partial charge in [-0.1, -0.05) is 25.0 Å². The zero-order chi connectivity index (χ0) is 11.1. The molecule has 84 valence electrons. The topological polar surface area (TPSA) is 15.8 Å². The van der Waals surface area contributed by atoms with Crippen molar-refractivity contribution in [1.29, 1.82) is 0 Å². The summed E-state index contributed by atoms with van der Waals surface area (Å²) in [4.78, 5) is 3.59. The molecule has 1 N–H and O–H groups in total. The van der Waals surface area contributed by atoms with E-state index in [-0.39, 0.29) is 0 Å². The van der Waals surface area contributed by atoms with Gasteiger partial charge in [0.15, 0.2) is 0 Å². The van der Waals surface area contributed by atoms with Gasteiger partial charge in [-0.3, -0.25) is 0 Å². The minimum Gasteiger partial charge on any atom is -0.358 e. The van der Waals surface area contributed by atoms with Crippen molar-refractivity contribution in [2.75, 3.05) is 0 Å². The molecule has 0 aliphatic heterocycles. The van der Waals surface area contributed by atoms with Gasteiger partial charge in [-0.05, 0) is 49.8 Å². The smallest absolute Gasteiger partial charge is 0.0459 e. The van der Waals surface area contributed by atoms with Gasteiger partial charge in [0.1, 0.15) is 0 Å². The van der Waals surface area contributed by atoms with Gasteiger partial charge in [-0.15, -0.1) is 0 Å². The lowest BCUT2D eigenvalue weighted by Gasteiger charge is -2.20. The molecule has 16 heavy (non-hydrogen) atoms. The molecule has 0 bridgehead atoms. The second-order valence-corrected chi connectivity index (χ2v) is 5.15. The lowest BCUT2D eigenvalue weighted by molar-refractivity contribution is 0.444. The molecule has 0 saturated carbocycles. The number of rotatable bonds is 1. The summed E-state index contributed by atoms with van der Waals surface area (Å²) in [5, 5.41) is 1.47. The predicted molar refractivity (Wildman–Crippen MR) is 68.8 cm³/mol. The highest BCUT2D eigenvalue weighted by atomic mass is 14.7. The SMILES string of the molecule is CC[C@H]1CCc2[nH]c3ccc(C)cc3c2C1. The number of benzene rings is 1. The summed E-state index contributed by atoms with van der Waals surface area (Å²) in [6.07, 6.45) is 5.18. The van der Waals surface area contributed by atoms with Crippen molar-refractivity contribution in [2.45, 2.75) is 39.5 Å². The maximum Gasteiger partial charge on any atom is 0.0459 e. The van der Waals surface area contributed by atoms with E-state index in [9.17, 15) is 0 Å². The molecule has 1 aromatic carbocycles. The van der Waals surface area contributed by atoms with Crippen LogP contribution in [0.4, 0.5) is 0 Å². The molecule has 2 aromatic rings. The number of fused-ring (bicyclic) bond motifs is 3. The fourth-order valence-electron chi connectivity index (χ4n) is 2.95. The van der Waals surface area contributed by atoms with Crippen LogP contribution in [0.15, 0.2) is 18.2 Å². The summed E-state index contributed by atoms with van der Waals surface area (Å²) in [7, 11) is 0. The largest absolute Gasteiger partial charge is 0.358 e. The van der Waals surface area contributed by atoms with Crippen LogP contribution in [0.1, 0.15) is 36.6 Å². The van der Waals surface area contributed by atoms with E-state index in [1.807, 2.05) is 0 Å². The molecule has 1 nitrogen and oxygen atoms in total. The van der Waals surface area contributed by atoms with Crippen molar-refractivity contribution in [3.8, 4) is 0 Å². The van der Waals surface area contributed by atoms with Crippen molar-refractivity contribution in [3.05, 3.63) is 35.0 Å². The molecule has 1 heteroatoms. The van der Waals surface area contributed by atoms with Crippen LogP contribution in [0.25, 0.3) is 10.9 Å². The summed E-state index contributed by atoms with van der Waals surface area (Å²) in [6.45, 7) is 4.49. The second kappa shape index (κ2) is 3.65. The zero-order valence-corrected chi connectivity index (χ0v) is 10.1. The zero-order valence-electron chi connectivity index (χ0n) is 10.1. The van der Waals surface area contributed by atoms with Crippen LogP contribution in [-0.2, 0) is 12.8 Å². The summed E-state index contributed by atoms with van der Waals surface area (Å²) in [5.74, 6) is 0.895. The lowest BCUT2D eigenvalue weighted by atomic mass is 9.85. The minimum atomic E-state index is 0.895. The molecule has 3 rings (SSSR count). The molecule has 0 fully saturated rings. The molecule has 1 atom stereocenters. The number of H-pyrrole nitrogens is 1. The van der Waals surface area contributed by atoms with Crippen LogP contribution in [0.3, 0.4) is 0 Å². The number of aromatic nitrogens is 1. The molecular formula is C15H19N. The van der Waals surface area contributed by atoms with Gasteiger partial charge in [-0.2, -0.15) is 0 Å². The third kappa shape index (κ3) is 1.46. The Bertz CT molecular complexity index is 521. The molecular weight excluding hydrogens is 194 g/mol.